The predicted octanol–water partition coefficient (Wildman–Crippen LogP) is 2.71. The molecule has 0 aliphatic carbocycles. The topological polar surface area (TPSA) is 67.6 Å². The number of nitrogens with two attached hydrogens (primary N) is 1. The van der Waals surface area contributed by atoms with Gasteiger partial charge in [-0.1, -0.05) is 0 Å². The maximum Gasteiger partial charge on any atom is 0.416 e. The molecule has 0 aliphatic rings. The zero-order valence-corrected chi connectivity index (χ0v) is 8.92. The fourth-order valence-electron chi connectivity index (χ4n) is 1.92. The Balaban J connectivity index is 2.42. The van der Waals surface area contributed by atoms with E-state index in [1.165, 1.54) is 12.4 Å². The van der Waals surface area contributed by atoms with Crippen LogP contribution < -0.4 is 5.73 Å². The molecule has 0 unspecified atom stereocenters. The first kappa shape index (κ1) is 10.8. The van der Waals surface area contributed by atoms with Crippen molar-refractivity contribution < 1.29 is 13.2 Å². The van der Waals surface area contributed by atoms with Crippen molar-refractivity contribution in [1.82, 2.24) is 15.0 Å². The average molecular weight is 252 g/mol. The summed E-state index contributed by atoms with van der Waals surface area (Å²) in [6.45, 7) is 0. The fraction of sp³-hybridized carbons (Fsp3) is 0.0909. The van der Waals surface area contributed by atoms with Crippen molar-refractivity contribution in [2.24, 2.45) is 0 Å². The van der Waals surface area contributed by atoms with Crippen LogP contribution in [0.15, 0.2) is 24.5 Å². The summed E-state index contributed by atoms with van der Waals surface area (Å²) in [6.07, 6.45) is -3.13. The highest BCUT2D eigenvalue weighted by atomic mass is 19.4. The van der Waals surface area contributed by atoms with Gasteiger partial charge in [-0.05, 0) is 18.2 Å². The van der Waals surface area contributed by atoms with Crippen LogP contribution in [0, 0.1) is 0 Å². The van der Waals surface area contributed by atoms with Gasteiger partial charge in [-0.2, -0.15) is 13.2 Å². The molecule has 18 heavy (non-hydrogen) atoms. The lowest BCUT2D eigenvalue weighted by molar-refractivity contribution is -0.137. The zero-order chi connectivity index (χ0) is 12.9. The quantitative estimate of drug-likeness (QED) is 0.646. The third-order valence-corrected chi connectivity index (χ3v) is 2.75. The number of nitrogen functional groups attached to an aromatic ring is 1. The largest absolute Gasteiger partial charge is 0.416 e. The van der Waals surface area contributed by atoms with Gasteiger partial charge >= 0.3 is 6.18 Å². The molecular weight excluding hydrogens is 245 g/mol. The van der Waals surface area contributed by atoms with Crippen LogP contribution in [0.1, 0.15) is 5.56 Å². The molecular formula is C11H7F3N4. The van der Waals surface area contributed by atoms with Crippen LogP contribution in [0.25, 0.3) is 21.9 Å². The number of halogens is 3. The van der Waals surface area contributed by atoms with Crippen molar-refractivity contribution >= 4 is 27.8 Å². The molecule has 2 aromatic heterocycles. The summed E-state index contributed by atoms with van der Waals surface area (Å²) in [6, 6.07) is 3.43. The van der Waals surface area contributed by atoms with Crippen LogP contribution in [0.5, 0.6) is 0 Å². The lowest BCUT2D eigenvalue weighted by Crippen LogP contribution is -2.04. The van der Waals surface area contributed by atoms with Gasteiger partial charge in [0.25, 0.3) is 0 Å². The van der Waals surface area contributed by atoms with Crippen molar-refractivity contribution in [2.45, 2.75) is 6.18 Å². The summed E-state index contributed by atoms with van der Waals surface area (Å²) in [7, 11) is 0. The smallest absolute Gasteiger partial charge is 0.383 e. The predicted molar refractivity (Wildman–Crippen MR) is 60.8 cm³/mol. The first-order valence-electron chi connectivity index (χ1n) is 5.06. The molecule has 0 radical (unpaired) electrons. The summed E-state index contributed by atoms with van der Waals surface area (Å²) >= 11 is 0. The minimum absolute atomic E-state index is 0.158. The van der Waals surface area contributed by atoms with Crippen LogP contribution in [-0.2, 0) is 6.18 Å². The Bertz CT molecular complexity index is 745. The first-order valence-corrected chi connectivity index (χ1v) is 5.06. The van der Waals surface area contributed by atoms with E-state index >= 15 is 0 Å². The highest BCUT2D eigenvalue weighted by Gasteiger charge is 2.30. The number of hydrogen-bond acceptors (Lipinski definition) is 3. The second-order valence-electron chi connectivity index (χ2n) is 3.87. The molecule has 0 aliphatic heterocycles. The third kappa shape index (κ3) is 1.47. The van der Waals surface area contributed by atoms with Crippen LogP contribution in [-0.4, -0.2) is 15.0 Å². The number of benzene rings is 1. The second kappa shape index (κ2) is 3.34. The third-order valence-electron chi connectivity index (χ3n) is 2.75. The molecule has 2 heterocycles. The molecule has 3 rings (SSSR count). The summed E-state index contributed by atoms with van der Waals surface area (Å²) < 4.78 is 37.9. The second-order valence-corrected chi connectivity index (χ2v) is 3.87. The molecule has 3 N–H and O–H groups in total. The number of anilines is 1. The zero-order valence-electron chi connectivity index (χ0n) is 8.92. The Kier molecular flexibility index (Phi) is 2.01. The number of aromatic nitrogens is 3. The Morgan fingerprint density at radius 2 is 1.94 bits per heavy atom. The van der Waals surface area contributed by atoms with Crippen molar-refractivity contribution in [3.05, 3.63) is 30.1 Å². The maximum atomic E-state index is 12.6. The molecule has 0 fully saturated rings. The molecule has 0 atom stereocenters. The van der Waals surface area contributed by atoms with Crippen LogP contribution in [0.4, 0.5) is 19.0 Å². The van der Waals surface area contributed by atoms with Gasteiger partial charge < -0.3 is 10.7 Å². The minimum atomic E-state index is -4.39. The number of nitrogens with one attached hydrogen (secondary N) is 1. The Labute approximate surface area is 98.6 Å². The van der Waals surface area contributed by atoms with Crippen molar-refractivity contribution in [3.8, 4) is 0 Å². The number of fused-ring (bicyclic) bond motifs is 3. The molecule has 0 bridgehead atoms. The Morgan fingerprint density at radius 1 is 1.17 bits per heavy atom. The van der Waals surface area contributed by atoms with Crippen molar-refractivity contribution in [2.75, 3.05) is 5.73 Å². The van der Waals surface area contributed by atoms with Gasteiger partial charge in [0, 0.05) is 10.9 Å². The number of hydrogen-bond donors (Lipinski definition) is 2. The van der Waals surface area contributed by atoms with E-state index in [0.29, 0.717) is 21.9 Å². The number of H-pyrrole nitrogens is 1. The van der Waals surface area contributed by atoms with Gasteiger partial charge in [0.1, 0.15) is 17.8 Å². The fourth-order valence-corrected chi connectivity index (χ4v) is 1.92. The van der Waals surface area contributed by atoms with E-state index < -0.39 is 11.7 Å². The molecule has 0 amide bonds. The number of rotatable bonds is 0. The van der Waals surface area contributed by atoms with Gasteiger partial charge in [-0.25, -0.2) is 9.97 Å². The average Bonchev–Trinajstić information content (AvgIpc) is 2.66. The highest BCUT2D eigenvalue weighted by molar-refractivity contribution is 6.10. The maximum absolute atomic E-state index is 12.6. The summed E-state index contributed by atoms with van der Waals surface area (Å²) in [5, 5.41) is 0.788. The van der Waals surface area contributed by atoms with Crippen LogP contribution in [0.3, 0.4) is 0 Å². The summed E-state index contributed by atoms with van der Waals surface area (Å²) in [5.74, 6) is 0.158. The monoisotopic (exact) mass is 252 g/mol. The SMILES string of the molecule is Nc1ncnc2[nH]c3ccc(C(F)(F)F)cc3c12. The van der Waals surface area contributed by atoms with Crippen molar-refractivity contribution in [3.63, 3.8) is 0 Å². The lowest BCUT2D eigenvalue weighted by Gasteiger charge is -2.06. The van der Waals surface area contributed by atoms with Gasteiger partial charge in [0.2, 0.25) is 0 Å². The van der Waals surface area contributed by atoms with E-state index in [1.54, 1.807) is 0 Å². The van der Waals surface area contributed by atoms with Crippen LogP contribution >= 0.6 is 0 Å². The number of aromatic amines is 1. The van der Waals surface area contributed by atoms with Gasteiger partial charge in [-0.15, -0.1) is 0 Å². The van der Waals surface area contributed by atoms with E-state index in [-0.39, 0.29) is 5.82 Å². The van der Waals surface area contributed by atoms with Gasteiger partial charge in [0.05, 0.1) is 10.9 Å². The molecule has 0 saturated carbocycles. The highest BCUT2D eigenvalue weighted by Crippen LogP contribution is 2.34. The normalized spacial score (nSPS) is 12.4. The van der Waals surface area contributed by atoms with E-state index in [1.807, 2.05) is 0 Å². The Hall–Kier alpha value is -2.31. The van der Waals surface area contributed by atoms with Crippen LogP contribution in [0.2, 0.25) is 0 Å². The molecule has 7 heteroatoms. The molecule has 1 aromatic carbocycles. The van der Waals surface area contributed by atoms with Gasteiger partial charge in [0.15, 0.2) is 0 Å². The number of alkyl halides is 3. The van der Waals surface area contributed by atoms with Gasteiger partial charge in [-0.3, -0.25) is 0 Å². The summed E-state index contributed by atoms with van der Waals surface area (Å²) in [5.41, 5.74) is 5.92. The van der Waals surface area contributed by atoms with E-state index in [0.717, 1.165) is 12.1 Å². The van der Waals surface area contributed by atoms with Crippen molar-refractivity contribution in [1.29, 1.82) is 0 Å². The lowest BCUT2D eigenvalue weighted by atomic mass is 10.1. The van der Waals surface area contributed by atoms with E-state index in [9.17, 15) is 13.2 Å². The van der Waals surface area contributed by atoms with E-state index in [2.05, 4.69) is 15.0 Å². The molecule has 3 aromatic rings. The Morgan fingerprint density at radius 3 is 2.67 bits per heavy atom. The summed E-state index contributed by atoms with van der Waals surface area (Å²) in [4.78, 5) is 10.6. The first-order chi connectivity index (χ1) is 8.47. The molecule has 92 valence electrons. The standard InChI is InChI=1S/C11H7F3N4/c12-11(13,14)5-1-2-7-6(3-5)8-9(15)16-4-17-10(8)18-7/h1-4H,(H3,15,16,17,18). The number of nitrogens with zero attached hydrogens (tertiary/aromatic N) is 2. The molecule has 4 nitrogen and oxygen atoms in total. The molecule has 0 spiro atoms. The van der Waals surface area contributed by atoms with E-state index in [4.69, 9.17) is 5.73 Å². The molecule has 0 saturated heterocycles. The minimum Gasteiger partial charge on any atom is -0.383 e.